The minimum Gasteiger partial charge on any atom is -0.493 e. The van der Waals surface area contributed by atoms with Crippen LogP contribution >= 0.6 is 24.0 Å². The highest BCUT2D eigenvalue weighted by Crippen LogP contribution is 2.36. The molecule has 1 heterocycles. The van der Waals surface area contributed by atoms with E-state index in [1.807, 2.05) is 12.1 Å². The Kier molecular flexibility index (Phi) is 6.40. The van der Waals surface area contributed by atoms with Crippen molar-refractivity contribution in [1.82, 2.24) is 4.90 Å². The van der Waals surface area contributed by atoms with Gasteiger partial charge in [-0.3, -0.25) is 4.90 Å². The Morgan fingerprint density at radius 1 is 1.30 bits per heavy atom. The van der Waals surface area contributed by atoms with Crippen LogP contribution in [0.15, 0.2) is 12.1 Å². The van der Waals surface area contributed by atoms with Crippen molar-refractivity contribution in [1.29, 1.82) is 0 Å². The van der Waals surface area contributed by atoms with Gasteiger partial charge < -0.3 is 15.2 Å². The van der Waals surface area contributed by atoms with E-state index < -0.39 is 0 Å². The Balaban J connectivity index is 0.00000200. The lowest BCUT2D eigenvalue weighted by atomic mass is 10.1. The summed E-state index contributed by atoms with van der Waals surface area (Å²) in [5, 5.41) is 0.577. The Morgan fingerprint density at radius 3 is 2.50 bits per heavy atom. The number of nitrogens with zero attached hydrogens (tertiary/aromatic N) is 1. The summed E-state index contributed by atoms with van der Waals surface area (Å²) >= 11 is 6.21. The molecule has 114 valence electrons. The Morgan fingerprint density at radius 2 is 2.00 bits per heavy atom. The van der Waals surface area contributed by atoms with Crippen LogP contribution in [0.25, 0.3) is 0 Å². The van der Waals surface area contributed by atoms with E-state index in [0.717, 1.165) is 25.2 Å². The van der Waals surface area contributed by atoms with Crippen LogP contribution in [0, 0.1) is 5.92 Å². The van der Waals surface area contributed by atoms with Gasteiger partial charge in [0.1, 0.15) is 0 Å². The van der Waals surface area contributed by atoms with Crippen LogP contribution in [0.4, 0.5) is 0 Å². The molecule has 0 radical (unpaired) electrons. The molecule has 20 heavy (non-hydrogen) atoms. The van der Waals surface area contributed by atoms with E-state index in [-0.39, 0.29) is 18.4 Å². The average Bonchev–Trinajstić information content (AvgIpc) is 2.67. The van der Waals surface area contributed by atoms with Gasteiger partial charge in [0.25, 0.3) is 0 Å². The van der Waals surface area contributed by atoms with Crippen LogP contribution < -0.4 is 15.2 Å². The van der Waals surface area contributed by atoms with E-state index in [1.165, 1.54) is 0 Å². The monoisotopic (exact) mass is 320 g/mol. The molecule has 1 saturated heterocycles. The second kappa shape index (κ2) is 7.36. The third kappa shape index (κ3) is 3.70. The molecule has 0 aliphatic carbocycles. The van der Waals surface area contributed by atoms with E-state index in [0.29, 0.717) is 22.4 Å². The number of likely N-dealkylation sites (tertiary alicyclic amines) is 1. The van der Waals surface area contributed by atoms with Crippen LogP contribution in [0.5, 0.6) is 11.5 Å². The third-order valence-electron chi connectivity index (χ3n) is 3.65. The number of methoxy groups -OCH3 is 2. The fourth-order valence-corrected chi connectivity index (χ4v) is 2.86. The lowest BCUT2D eigenvalue weighted by Gasteiger charge is -2.17. The number of halogens is 2. The second-order valence-electron chi connectivity index (χ2n) is 5.15. The van der Waals surface area contributed by atoms with E-state index in [9.17, 15) is 0 Å². The van der Waals surface area contributed by atoms with Crippen molar-refractivity contribution in [2.75, 3.05) is 27.3 Å². The first-order valence-electron chi connectivity index (χ1n) is 6.43. The molecule has 0 bridgehead atoms. The third-order valence-corrected chi connectivity index (χ3v) is 3.93. The van der Waals surface area contributed by atoms with Crippen LogP contribution in [0.2, 0.25) is 5.02 Å². The summed E-state index contributed by atoms with van der Waals surface area (Å²) in [6, 6.07) is 4.16. The maximum Gasteiger partial charge on any atom is 0.179 e. The topological polar surface area (TPSA) is 47.7 Å². The molecule has 1 aromatic carbocycles. The highest BCUT2D eigenvalue weighted by molar-refractivity contribution is 6.32. The van der Waals surface area contributed by atoms with Crippen molar-refractivity contribution in [2.24, 2.45) is 11.7 Å². The normalized spacial score (nSPS) is 22.4. The molecular formula is C14H22Cl2N2O2. The van der Waals surface area contributed by atoms with Crippen LogP contribution in [-0.4, -0.2) is 38.3 Å². The number of hydrogen-bond donors (Lipinski definition) is 1. The summed E-state index contributed by atoms with van der Waals surface area (Å²) < 4.78 is 10.5. The first-order chi connectivity index (χ1) is 9.05. The summed E-state index contributed by atoms with van der Waals surface area (Å²) in [6.07, 6.45) is 0. The van der Waals surface area contributed by atoms with Crippen molar-refractivity contribution >= 4 is 24.0 Å². The van der Waals surface area contributed by atoms with Gasteiger partial charge in [-0.25, -0.2) is 0 Å². The van der Waals surface area contributed by atoms with Gasteiger partial charge in [0.2, 0.25) is 0 Å². The smallest absolute Gasteiger partial charge is 0.179 e. The maximum atomic E-state index is 6.21. The molecule has 2 atom stereocenters. The number of rotatable bonds is 4. The van der Waals surface area contributed by atoms with Crippen molar-refractivity contribution in [3.63, 3.8) is 0 Å². The molecule has 2 unspecified atom stereocenters. The SMILES string of the molecule is COc1cc(CN2CC(C)C(N)C2)cc(Cl)c1OC.Cl. The van der Waals surface area contributed by atoms with Gasteiger partial charge in [0.15, 0.2) is 11.5 Å². The lowest BCUT2D eigenvalue weighted by Crippen LogP contribution is -2.28. The second-order valence-corrected chi connectivity index (χ2v) is 5.56. The molecule has 0 spiro atoms. The molecule has 0 aromatic heterocycles. The molecular weight excluding hydrogens is 299 g/mol. The largest absolute Gasteiger partial charge is 0.493 e. The summed E-state index contributed by atoms with van der Waals surface area (Å²) in [6.45, 7) is 4.96. The molecule has 0 saturated carbocycles. The van der Waals surface area contributed by atoms with E-state index in [4.69, 9.17) is 26.8 Å². The Bertz CT molecular complexity index is 447. The van der Waals surface area contributed by atoms with Crippen LogP contribution in [-0.2, 0) is 6.54 Å². The van der Waals surface area contributed by atoms with Gasteiger partial charge in [0.05, 0.1) is 19.2 Å². The fourth-order valence-electron chi connectivity index (χ4n) is 2.55. The zero-order chi connectivity index (χ0) is 14.0. The number of benzene rings is 1. The highest BCUT2D eigenvalue weighted by Gasteiger charge is 2.26. The van der Waals surface area contributed by atoms with Crippen molar-refractivity contribution in [2.45, 2.75) is 19.5 Å². The molecule has 0 amide bonds. The standard InChI is InChI=1S/C14H21ClN2O2.ClH/c1-9-6-17(8-12(9)16)7-10-4-11(15)14(19-3)13(5-10)18-2;/h4-5,9,12H,6-8,16H2,1-3H3;1H. The molecule has 1 aliphatic rings. The minimum atomic E-state index is 0. The van der Waals surface area contributed by atoms with Gasteiger partial charge >= 0.3 is 0 Å². The Hall–Kier alpha value is -0.680. The minimum absolute atomic E-state index is 0. The Labute approximate surface area is 131 Å². The predicted octanol–water partition coefficient (Wildman–Crippen LogP) is 2.56. The fraction of sp³-hybridized carbons (Fsp3) is 0.571. The van der Waals surface area contributed by atoms with Gasteiger partial charge in [-0.15, -0.1) is 12.4 Å². The predicted molar refractivity (Wildman–Crippen MR) is 84.2 cm³/mol. The summed E-state index contributed by atoms with van der Waals surface area (Å²) in [5.41, 5.74) is 7.16. The number of nitrogens with two attached hydrogens (primary N) is 1. The average molecular weight is 321 g/mol. The van der Waals surface area contributed by atoms with Gasteiger partial charge in [-0.1, -0.05) is 18.5 Å². The lowest BCUT2D eigenvalue weighted by molar-refractivity contribution is 0.316. The molecule has 1 aromatic rings. The highest BCUT2D eigenvalue weighted by atomic mass is 35.5. The first kappa shape index (κ1) is 17.4. The molecule has 6 heteroatoms. The van der Waals surface area contributed by atoms with Crippen molar-refractivity contribution in [3.05, 3.63) is 22.7 Å². The molecule has 1 fully saturated rings. The zero-order valence-corrected chi connectivity index (χ0v) is 13.6. The molecule has 2 N–H and O–H groups in total. The van der Waals surface area contributed by atoms with Gasteiger partial charge in [0, 0.05) is 25.7 Å². The maximum absolute atomic E-state index is 6.21. The zero-order valence-electron chi connectivity index (χ0n) is 12.1. The molecule has 4 nitrogen and oxygen atoms in total. The van der Waals surface area contributed by atoms with Crippen molar-refractivity contribution in [3.8, 4) is 11.5 Å². The quantitative estimate of drug-likeness (QED) is 0.926. The summed E-state index contributed by atoms with van der Waals surface area (Å²) in [5.74, 6) is 1.79. The summed E-state index contributed by atoms with van der Waals surface area (Å²) in [7, 11) is 3.20. The van der Waals surface area contributed by atoms with E-state index in [2.05, 4.69) is 11.8 Å². The van der Waals surface area contributed by atoms with Crippen LogP contribution in [0.3, 0.4) is 0 Å². The van der Waals surface area contributed by atoms with Gasteiger partial charge in [-0.2, -0.15) is 0 Å². The van der Waals surface area contributed by atoms with E-state index in [1.54, 1.807) is 14.2 Å². The summed E-state index contributed by atoms with van der Waals surface area (Å²) in [4.78, 5) is 2.34. The molecule has 2 rings (SSSR count). The number of ether oxygens (including phenoxy) is 2. The molecule has 1 aliphatic heterocycles. The van der Waals surface area contributed by atoms with Gasteiger partial charge in [-0.05, 0) is 23.6 Å². The first-order valence-corrected chi connectivity index (χ1v) is 6.81. The number of hydrogen-bond acceptors (Lipinski definition) is 4. The van der Waals surface area contributed by atoms with E-state index >= 15 is 0 Å². The van der Waals surface area contributed by atoms with Crippen molar-refractivity contribution < 1.29 is 9.47 Å². The van der Waals surface area contributed by atoms with Crippen LogP contribution in [0.1, 0.15) is 12.5 Å².